The van der Waals surface area contributed by atoms with Crippen molar-refractivity contribution in [2.75, 3.05) is 40.0 Å². The number of hydrogen-bond acceptors (Lipinski definition) is 6. The summed E-state index contributed by atoms with van der Waals surface area (Å²) in [6.07, 6.45) is 0.429. The molecular weight excluding hydrogens is 389 g/mol. The molecule has 0 bridgehead atoms. The molecule has 0 unspecified atom stereocenters. The molecule has 8 heteroatoms. The predicted molar refractivity (Wildman–Crippen MR) is 107 cm³/mol. The molecular formula is C22H28FN3O4. The van der Waals surface area contributed by atoms with Crippen molar-refractivity contribution in [1.82, 2.24) is 15.0 Å². The van der Waals surface area contributed by atoms with Crippen LogP contribution in [0.1, 0.15) is 29.0 Å². The molecule has 2 aromatic rings. The van der Waals surface area contributed by atoms with Gasteiger partial charge in [0.05, 0.1) is 32.6 Å². The first-order valence-electron chi connectivity index (χ1n) is 10.2. The van der Waals surface area contributed by atoms with Crippen LogP contribution in [-0.4, -0.2) is 60.8 Å². The molecule has 1 aromatic heterocycles. The van der Waals surface area contributed by atoms with E-state index >= 15 is 0 Å². The minimum Gasteiger partial charge on any atom is -0.497 e. The molecule has 3 heterocycles. The van der Waals surface area contributed by atoms with E-state index in [1.165, 1.54) is 13.2 Å². The van der Waals surface area contributed by atoms with Gasteiger partial charge in [-0.05, 0) is 19.9 Å². The Morgan fingerprint density at radius 2 is 2.10 bits per heavy atom. The van der Waals surface area contributed by atoms with Gasteiger partial charge in [0, 0.05) is 55.2 Å². The molecule has 2 aliphatic heterocycles. The molecule has 7 nitrogen and oxygen atoms in total. The highest BCUT2D eigenvalue weighted by molar-refractivity contribution is 5.79. The van der Waals surface area contributed by atoms with Crippen molar-refractivity contribution in [3.8, 4) is 5.75 Å². The number of aromatic nitrogens is 1. The van der Waals surface area contributed by atoms with Gasteiger partial charge in [-0.2, -0.15) is 0 Å². The van der Waals surface area contributed by atoms with Crippen LogP contribution < -0.4 is 4.74 Å². The van der Waals surface area contributed by atoms with Crippen LogP contribution in [0.4, 0.5) is 4.39 Å². The summed E-state index contributed by atoms with van der Waals surface area (Å²) in [6, 6.07) is 4.94. The van der Waals surface area contributed by atoms with Gasteiger partial charge in [0.2, 0.25) is 5.91 Å². The van der Waals surface area contributed by atoms with Gasteiger partial charge >= 0.3 is 0 Å². The Labute approximate surface area is 175 Å². The number of ether oxygens (including phenoxy) is 2. The Bertz CT molecular complexity index is 912. The van der Waals surface area contributed by atoms with Gasteiger partial charge in [-0.25, -0.2) is 4.39 Å². The molecule has 2 aliphatic rings. The van der Waals surface area contributed by atoms with E-state index in [9.17, 15) is 9.18 Å². The summed E-state index contributed by atoms with van der Waals surface area (Å²) < 4.78 is 30.7. The lowest BCUT2D eigenvalue weighted by Gasteiger charge is -2.31. The minimum absolute atomic E-state index is 0.107. The predicted octanol–water partition coefficient (Wildman–Crippen LogP) is 2.69. The number of rotatable bonds is 5. The highest BCUT2D eigenvalue weighted by Gasteiger charge is 2.45. The number of halogens is 1. The summed E-state index contributed by atoms with van der Waals surface area (Å²) in [5.74, 6) is 1.07. The number of amides is 1. The quantitative estimate of drug-likeness (QED) is 0.745. The smallest absolute Gasteiger partial charge is 0.223 e. The van der Waals surface area contributed by atoms with Crippen LogP contribution in [0.5, 0.6) is 5.75 Å². The van der Waals surface area contributed by atoms with Crippen LogP contribution in [0.25, 0.3) is 0 Å². The summed E-state index contributed by atoms with van der Waals surface area (Å²) >= 11 is 0. The van der Waals surface area contributed by atoms with Crippen molar-refractivity contribution in [1.29, 1.82) is 0 Å². The highest BCUT2D eigenvalue weighted by atomic mass is 19.1. The third-order valence-electron chi connectivity index (χ3n) is 6.11. The molecule has 1 spiro atoms. The first kappa shape index (κ1) is 20.8. The van der Waals surface area contributed by atoms with Crippen LogP contribution in [0.2, 0.25) is 0 Å². The Morgan fingerprint density at radius 1 is 1.27 bits per heavy atom. The lowest BCUT2D eigenvalue weighted by atomic mass is 9.87. The second-order valence-electron chi connectivity index (χ2n) is 8.45. The molecule has 2 saturated heterocycles. The fourth-order valence-corrected chi connectivity index (χ4v) is 4.49. The summed E-state index contributed by atoms with van der Waals surface area (Å²) in [5.41, 5.74) is 2.10. The number of nitrogens with zero attached hydrogens (tertiary/aromatic N) is 3. The van der Waals surface area contributed by atoms with E-state index in [4.69, 9.17) is 14.0 Å². The van der Waals surface area contributed by atoms with Gasteiger partial charge in [-0.1, -0.05) is 11.2 Å². The first-order chi connectivity index (χ1) is 14.4. The topological polar surface area (TPSA) is 68.0 Å². The second kappa shape index (κ2) is 8.35. The van der Waals surface area contributed by atoms with Gasteiger partial charge in [0.15, 0.2) is 0 Å². The zero-order valence-electron chi connectivity index (χ0n) is 17.7. The maximum absolute atomic E-state index is 14.5. The van der Waals surface area contributed by atoms with E-state index in [0.717, 1.165) is 17.0 Å². The van der Waals surface area contributed by atoms with Crippen LogP contribution in [-0.2, 0) is 22.6 Å². The minimum atomic E-state index is -0.296. The van der Waals surface area contributed by atoms with Crippen molar-refractivity contribution in [3.63, 3.8) is 0 Å². The third kappa shape index (κ3) is 4.20. The summed E-state index contributed by atoms with van der Waals surface area (Å²) in [4.78, 5) is 16.9. The van der Waals surface area contributed by atoms with Crippen molar-refractivity contribution in [2.24, 2.45) is 5.41 Å². The standard InChI is InChI=1S/C22H28FN3O4/c1-15-19(16(2)30-24-15)11-26-13-22(9-21(26)27)12-25(6-7-29-14-22)10-17-4-5-18(28-3)8-20(17)23/h4-5,8H,6-7,9-14H2,1-3H3/t22-/m1/s1. The highest BCUT2D eigenvalue weighted by Crippen LogP contribution is 2.36. The Morgan fingerprint density at radius 3 is 2.80 bits per heavy atom. The molecule has 1 aromatic carbocycles. The molecule has 4 rings (SSSR count). The van der Waals surface area contributed by atoms with E-state index in [2.05, 4.69) is 10.1 Å². The maximum Gasteiger partial charge on any atom is 0.223 e. The average molecular weight is 417 g/mol. The third-order valence-corrected chi connectivity index (χ3v) is 6.11. The monoisotopic (exact) mass is 417 g/mol. The van der Waals surface area contributed by atoms with Gasteiger partial charge in [-0.15, -0.1) is 0 Å². The average Bonchev–Trinajstić information content (AvgIpc) is 3.10. The Kier molecular flexibility index (Phi) is 5.79. The number of likely N-dealkylation sites (tertiary alicyclic amines) is 1. The number of aryl methyl sites for hydroxylation is 2. The normalized spacial score (nSPS) is 22.7. The van der Waals surface area contributed by atoms with Crippen molar-refractivity contribution in [2.45, 2.75) is 33.4 Å². The van der Waals surface area contributed by atoms with E-state index in [0.29, 0.717) is 63.7 Å². The molecule has 162 valence electrons. The first-order valence-corrected chi connectivity index (χ1v) is 10.2. The van der Waals surface area contributed by atoms with Crippen LogP contribution in [0, 0.1) is 25.1 Å². The van der Waals surface area contributed by atoms with Crippen molar-refractivity contribution in [3.05, 3.63) is 46.6 Å². The van der Waals surface area contributed by atoms with Gasteiger partial charge in [0.25, 0.3) is 0 Å². The summed E-state index contributed by atoms with van der Waals surface area (Å²) in [5, 5.41) is 3.99. The maximum atomic E-state index is 14.5. The Balaban J connectivity index is 1.48. The van der Waals surface area contributed by atoms with E-state index in [1.807, 2.05) is 18.7 Å². The SMILES string of the molecule is COc1ccc(CN2CCOC[C@]3(CC(=O)N(Cc4c(C)noc4C)C3)C2)c(F)c1. The molecule has 30 heavy (non-hydrogen) atoms. The molecule has 0 N–H and O–H groups in total. The van der Waals surface area contributed by atoms with E-state index in [-0.39, 0.29) is 17.1 Å². The number of carbonyl (C=O) groups is 1. The second-order valence-corrected chi connectivity index (χ2v) is 8.45. The van der Waals surface area contributed by atoms with Crippen molar-refractivity contribution >= 4 is 5.91 Å². The largest absolute Gasteiger partial charge is 0.497 e. The summed E-state index contributed by atoms with van der Waals surface area (Å²) in [7, 11) is 1.52. The number of carbonyl (C=O) groups excluding carboxylic acids is 1. The summed E-state index contributed by atoms with van der Waals surface area (Å²) in [6.45, 7) is 7.81. The van der Waals surface area contributed by atoms with Gasteiger partial charge < -0.3 is 18.9 Å². The van der Waals surface area contributed by atoms with Crippen LogP contribution in [0.3, 0.4) is 0 Å². The van der Waals surface area contributed by atoms with Gasteiger partial charge in [-0.3, -0.25) is 9.69 Å². The van der Waals surface area contributed by atoms with E-state index < -0.39 is 0 Å². The van der Waals surface area contributed by atoms with Crippen molar-refractivity contribution < 1.29 is 23.2 Å². The lowest BCUT2D eigenvalue weighted by molar-refractivity contribution is -0.128. The fraction of sp³-hybridized carbons (Fsp3) is 0.545. The fourth-order valence-electron chi connectivity index (χ4n) is 4.49. The molecule has 1 atom stereocenters. The van der Waals surface area contributed by atoms with Crippen LogP contribution >= 0.6 is 0 Å². The van der Waals surface area contributed by atoms with E-state index in [1.54, 1.807) is 12.1 Å². The molecule has 0 aliphatic carbocycles. The molecule has 1 amide bonds. The number of methoxy groups -OCH3 is 1. The zero-order valence-corrected chi connectivity index (χ0v) is 17.7. The molecule has 2 fully saturated rings. The zero-order chi connectivity index (χ0) is 21.3. The molecule has 0 radical (unpaired) electrons. The lowest BCUT2D eigenvalue weighted by Crippen LogP contribution is -2.40. The van der Waals surface area contributed by atoms with Crippen LogP contribution in [0.15, 0.2) is 22.7 Å². The number of benzene rings is 1. The number of hydrogen-bond donors (Lipinski definition) is 0. The molecule has 0 saturated carbocycles. The Hall–Kier alpha value is -2.45. The van der Waals surface area contributed by atoms with Gasteiger partial charge in [0.1, 0.15) is 17.3 Å².